The lowest BCUT2D eigenvalue weighted by Crippen LogP contribution is -2.29. The van der Waals surface area contributed by atoms with E-state index in [0.29, 0.717) is 5.69 Å². The number of aromatic amines is 1. The van der Waals surface area contributed by atoms with Crippen molar-refractivity contribution in [1.29, 1.82) is 0 Å². The second-order valence-electron chi connectivity index (χ2n) is 4.85. The molecular weight excluding hydrogens is 301 g/mol. The number of nitrogens with one attached hydrogen (secondary N) is 2. The molecule has 0 aliphatic heterocycles. The third-order valence-corrected chi connectivity index (χ3v) is 4.32. The van der Waals surface area contributed by atoms with Crippen molar-refractivity contribution in [3.8, 4) is 0 Å². The SMILES string of the molecule is C[n+]1c(SCC(=O)Nc2cccc(F)c2)[nH]c2ccccc21. The molecule has 0 fully saturated rings. The number of hydrogen-bond donors (Lipinski definition) is 2. The molecule has 22 heavy (non-hydrogen) atoms. The van der Waals surface area contributed by atoms with Crippen molar-refractivity contribution in [2.45, 2.75) is 5.16 Å². The standard InChI is InChI=1S/C16H14FN3OS/c1-20-14-8-3-2-7-13(14)19-16(20)22-10-15(21)18-12-6-4-5-11(17)9-12/h2-9H,10H2,1H3,(H,18,21)/p+1. The number of rotatable bonds is 4. The summed E-state index contributed by atoms with van der Waals surface area (Å²) in [6.45, 7) is 0. The summed E-state index contributed by atoms with van der Waals surface area (Å²) in [6.07, 6.45) is 0. The maximum Gasteiger partial charge on any atom is 0.317 e. The zero-order chi connectivity index (χ0) is 15.5. The third kappa shape index (κ3) is 3.12. The van der Waals surface area contributed by atoms with Gasteiger partial charge in [0.05, 0.1) is 12.8 Å². The number of carbonyl (C=O) groups excluding carboxylic acids is 1. The van der Waals surface area contributed by atoms with Gasteiger partial charge >= 0.3 is 5.16 Å². The minimum absolute atomic E-state index is 0.172. The summed E-state index contributed by atoms with van der Waals surface area (Å²) in [5.41, 5.74) is 2.57. The highest BCUT2D eigenvalue weighted by Gasteiger charge is 2.16. The van der Waals surface area contributed by atoms with Crippen molar-refractivity contribution in [2.24, 2.45) is 7.05 Å². The lowest BCUT2D eigenvalue weighted by molar-refractivity contribution is -0.683. The van der Waals surface area contributed by atoms with Crippen molar-refractivity contribution in [3.63, 3.8) is 0 Å². The van der Waals surface area contributed by atoms with Crippen molar-refractivity contribution in [1.82, 2.24) is 4.98 Å². The van der Waals surface area contributed by atoms with Gasteiger partial charge in [-0.25, -0.2) is 13.9 Å². The van der Waals surface area contributed by atoms with Crippen LogP contribution in [0.5, 0.6) is 0 Å². The normalized spacial score (nSPS) is 10.8. The maximum absolute atomic E-state index is 13.1. The molecule has 4 nitrogen and oxygen atoms in total. The lowest BCUT2D eigenvalue weighted by atomic mass is 10.3. The Hall–Kier alpha value is -2.34. The highest BCUT2D eigenvalue weighted by Crippen LogP contribution is 2.17. The first kappa shape index (κ1) is 14.6. The Morgan fingerprint density at radius 1 is 1.27 bits per heavy atom. The molecule has 0 atom stereocenters. The summed E-state index contributed by atoms with van der Waals surface area (Å²) in [5, 5.41) is 3.58. The summed E-state index contributed by atoms with van der Waals surface area (Å²) < 4.78 is 15.1. The number of nitrogens with zero attached hydrogens (tertiary/aromatic N) is 1. The predicted molar refractivity (Wildman–Crippen MR) is 85.2 cm³/mol. The first-order chi connectivity index (χ1) is 10.6. The Balaban J connectivity index is 1.66. The largest absolute Gasteiger partial charge is 0.325 e. The Morgan fingerprint density at radius 2 is 2.09 bits per heavy atom. The highest BCUT2D eigenvalue weighted by molar-refractivity contribution is 7.99. The number of amides is 1. The fourth-order valence-corrected chi connectivity index (χ4v) is 3.02. The van der Waals surface area contributed by atoms with Gasteiger partial charge in [0.25, 0.3) is 0 Å². The van der Waals surface area contributed by atoms with Crippen molar-refractivity contribution in [2.75, 3.05) is 11.1 Å². The van der Waals surface area contributed by atoms with Gasteiger partial charge in [0.15, 0.2) is 11.0 Å². The number of carbonyl (C=O) groups is 1. The van der Waals surface area contributed by atoms with E-state index in [1.807, 2.05) is 35.9 Å². The average molecular weight is 316 g/mol. The van der Waals surface area contributed by atoms with Gasteiger partial charge in [0, 0.05) is 5.69 Å². The van der Waals surface area contributed by atoms with Crippen LogP contribution in [-0.4, -0.2) is 16.6 Å². The number of H-pyrrole nitrogens is 1. The summed E-state index contributed by atoms with van der Waals surface area (Å²) in [6, 6.07) is 13.8. The van der Waals surface area contributed by atoms with Gasteiger partial charge in [-0.05, 0) is 42.1 Å². The van der Waals surface area contributed by atoms with Gasteiger partial charge < -0.3 is 5.32 Å². The first-order valence-electron chi connectivity index (χ1n) is 6.78. The first-order valence-corrected chi connectivity index (χ1v) is 7.77. The molecule has 0 bridgehead atoms. The number of anilines is 1. The number of hydrogen-bond acceptors (Lipinski definition) is 2. The number of aromatic nitrogens is 2. The molecule has 0 aliphatic rings. The zero-order valence-corrected chi connectivity index (χ0v) is 12.8. The van der Waals surface area contributed by atoms with Crippen LogP contribution in [0.25, 0.3) is 11.0 Å². The molecule has 2 N–H and O–H groups in total. The van der Waals surface area contributed by atoms with E-state index in [9.17, 15) is 9.18 Å². The molecule has 112 valence electrons. The second-order valence-corrected chi connectivity index (χ2v) is 5.82. The summed E-state index contributed by atoms with van der Waals surface area (Å²) in [5.74, 6) is -0.293. The van der Waals surface area contributed by atoms with Crippen molar-refractivity contribution < 1.29 is 13.8 Å². The van der Waals surface area contributed by atoms with Gasteiger partial charge in [0.1, 0.15) is 5.82 Å². The lowest BCUT2D eigenvalue weighted by Gasteiger charge is -2.03. The van der Waals surface area contributed by atoms with Crippen LogP contribution in [0, 0.1) is 5.82 Å². The number of imidazole rings is 1. The number of benzene rings is 2. The number of fused-ring (bicyclic) bond motifs is 1. The van der Waals surface area contributed by atoms with E-state index in [1.165, 1.54) is 23.9 Å². The molecule has 1 aromatic heterocycles. The molecule has 0 saturated heterocycles. The Kier molecular flexibility index (Phi) is 4.11. The van der Waals surface area contributed by atoms with Crippen LogP contribution < -0.4 is 9.88 Å². The van der Waals surface area contributed by atoms with Crippen LogP contribution in [-0.2, 0) is 11.8 Å². The molecule has 1 amide bonds. The number of aryl methyl sites for hydroxylation is 1. The molecule has 2 aromatic carbocycles. The molecule has 6 heteroatoms. The number of halogens is 1. The van der Waals surface area contributed by atoms with E-state index < -0.39 is 0 Å². The molecule has 0 unspecified atom stereocenters. The van der Waals surface area contributed by atoms with Gasteiger partial charge in [-0.2, -0.15) is 0 Å². The Labute approximate surface area is 131 Å². The van der Waals surface area contributed by atoms with Crippen LogP contribution in [0.15, 0.2) is 53.7 Å². The van der Waals surface area contributed by atoms with E-state index in [2.05, 4.69) is 10.3 Å². The van der Waals surface area contributed by atoms with Crippen LogP contribution in [0.2, 0.25) is 0 Å². The quantitative estimate of drug-likeness (QED) is 0.574. The maximum atomic E-state index is 13.1. The molecule has 1 heterocycles. The highest BCUT2D eigenvalue weighted by atomic mass is 32.2. The fraction of sp³-hybridized carbons (Fsp3) is 0.125. The van der Waals surface area contributed by atoms with Gasteiger partial charge in [-0.15, -0.1) is 0 Å². The molecule has 0 spiro atoms. The molecule has 0 saturated carbocycles. The van der Waals surface area contributed by atoms with Gasteiger partial charge in [-0.1, -0.05) is 18.2 Å². The van der Waals surface area contributed by atoms with Gasteiger partial charge in [-0.3, -0.25) is 4.79 Å². The zero-order valence-electron chi connectivity index (χ0n) is 12.0. The van der Waals surface area contributed by atoms with E-state index in [-0.39, 0.29) is 17.5 Å². The minimum Gasteiger partial charge on any atom is -0.325 e. The van der Waals surface area contributed by atoms with Crippen LogP contribution in [0.3, 0.4) is 0 Å². The minimum atomic E-state index is -0.368. The van der Waals surface area contributed by atoms with E-state index in [0.717, 1.165) is 16.2 Å². The molecule has 0 radical (unpaired) electrons. The van der Waals surface area contributed by atoms with Crippen molar-refractivity contribution >= 4 is 34.4 Å². The smallest absolute Gasteiger partial charge is 0.317 e. The van der Waals surface area contributed by atoms with Gasteiger partial charge in [0.2, 0.25) is 5.91 Å². The second kappa shape index (κ2) is 6.19. The average Bonchev–Trinajstić information content (AvgIpc) is 2.82. The Bertz CT molecular complexity index is 831. The topological polar surface area (TPSA) is 48.8 Å². The molecular formula is C16H15FN3OS+. The Morgan fingerprint density at radius 3 is 2.86 bits per heavy atom. The van der Waals surface area contributed by atoms with Crippen LogP contribution in [0.1, 0.15) is 0 Å². The monoisotopic (exact) mass is 316 g/mol. The van der Waals surface area contributed by atoms with Crippen LogP contribution >= 0.6 is 11.8 Å². The predicted octanol–water partition coefficient (Wildman–Crippen LogP) is 2.86. The van der Waals surface area contributed by atoms with Crippen LogP contribution in [0.4, 0.5) is 10.1 Å². The third-order valence-electron chi connectivity index (χ3n) is 3.26. The summed E-state index contributed by atoms with van der Waals surface area (Å²) in [4.78, 5) is 15.2. The molecule has 3 aromatic rings. The number of para-hydroxylation sites is 2. The summed E-state index contributed by atoms with van der Waals surface area (Å²) >= 11 is 1.41. The van der Waals surface area contributed by atoms with E-state index in [1.54, 1.807) is 12.1 Å². The van der Waals surface area contributed by atoms with Crippen molar-refractivity contribution in [3.05, 3.63) is 54.3 Å². The molecule has 3 rings (SSSR count). The summed E-state index contributed by atoms with van der Waals surface area (Å²) in [7, 11) is 1.95. The molecule has 0 aliphatic carbocycles. The number of thioether (sulfide) groups is 1. The fourth-order valence-electron chi connectivity index (χ4n) is 2.21. The van der Waals surface area contributed by atoms with E-state index >= 15 is 0 Å². The van der Waals surface area contributed by atoms with E-state index in [4.69, 9.17) is 0 Å².